The Morgan fingerprint density at radius 1 is 1.00 bits per heavy atom. The summed E-state index contributed by atoms with van der Waals surface area (Å²) >= 11 is 1.25. The van der Waals surface area contributed by atoms with E-state index in [2.05, 4.69) is 15.6 Å². The third-order valence-corrected chi connectivity index (χ3v) is 10.4. The van der Waals surface area contributed by atoms with E-state index in [-0.39, 0.29) is 21.8 Å². The fourth-order valence-corrected chi connectivity index (χ4v) is 7.59. The van der Waals surface area contributed by atoms with Gasteiger partial charge in [0.2, 0.25) is 11.8 Å². The molecule has 13 nitrogen and oxygen atoms in total. The summed E-state index contributed by atoms with van der Waals surface area (Å²) in [6.45, 7) is 3.41. The molecule has 1 aromatic heterocycles. The van der Waals surface area contributed by atoms with Gasteiger partial charge in [0.25, 0.3) is 11.5 Å². The molecule has 46 heavy (non-hydrogen) atoms. The van der Waals surface area contributed by atoms with Gasteiger partial charge in [-0.2, -0.15) is 0 Å². The van der Waals surface area contributed by atoms with Crippen LogP contribution in [0.2, 0.25) is 0 Å². The van der Waals surface area contributed by atoms with Crippen molar-refractivity contribution in [2.75, 3.05) is 6.26 Å². The Kier molecular flexibility index (Phi) is 8.57. The van der Waals surface area contributed by atoms with E-state index in [1.807, 2.05) is 0 Å². The smallest absolute Gasteiger partial charge is 0.327 e. The van der Waals surface area contributed by atoms with Crippen molar-refractivity contribution >= 4 is 57.4 Å². The van der Waals surface area contributed by atoms with Crippen molar-refractivity contribution < 1.29 is 37.8 Å². The molecular weight excluding hydrogens is 636 g/mol. The molecule has 0 saturated carbocycles. The van der Waals surface area contributed by atoms with Gasteiger partial charge in [0, 0.05) is 16.7 Å². The van der Waals surface area contributed by atoms with Crippen molar-refractivity contribution in [2.24, 2.45) is 0 Å². The number of sulfone groups is 1. The summed E-state index contributed by atoms with van der Waals surface area (Å²) in [4.78, 5) is 68.4. The Bertz CT molecular complexity index is 1920. The molecule has 3 aromatic rings. The second kappa shape index (κ2) is 12.1. The summed E-state index contributed by atoms with van der Waals surface area (Å²) in [6, 6.07) is 10.9. The Morgan fingerprint density at radius 3 is 2.24 bits per heavy atom. The van der Waals surface area contributed by atoms with Gasteiger partial charge >= 0.3 is 5.97 Å². The highest BCUT2D eigenvalue weighted by molar-refractivity contribution is 8.01. The normalized spacial score (nSPS) is 20.9. The molecule has 5 rings (SSSR count). The molecule has 5 N–H and O–H groups in total. The molecule has 2 aromatic carbocycles. The van der Waals surface area contributed by atoms with Crippen LogP contribution < -0.4 is 16.2 Å². The first-order valence-electron chi connectivity index (χ1n) is 13.9. The van der Waals surface area contributed by atoms with E-state index in [4.69, 9.17) is 0 Å². The zero-order valence-electron chi connectivity index (χ0n) is 24.8. The van der Waals surface area contributed by atoms with Gasteiger partial charge in [-0.15, -0.1) is 11.8 Å². The number of fused-ring (bicyclic) bond motifs is 1. The summed E-state index contributed by atoms with van der Waals surface area (Å²) in [5.74, 6) is -3.46. The molecule has 15 heteroatoms. The van der Waals surface area contributed by atoms with Gasteiger partial charge in [-0.1, -0.05) is 30.3 Å². The highest BCUT2D eigenvalue weighted by Gasteiger charge is 2.64. The Hall–Kier alpha value is -4.89. The molecule has 0 unspecified atom stereocenters. The number of thioether (sulfide) groups is 1. The maximum Gasteiger partial charge on any atom is 0.327 e. The van der Waals surface area contributed by atoms with Crippen molar-refractivity contribution in [2.45, 2.75) is 47.0 Å². The standard InChI is InChI=1S/C31H30N4O9S2/c1-31(2)24(30(41)42)35-28(40)23(29(35)45-31)34-27(39)22(17-7-11-19(36)12-8-17)33-26(38)21-15-10-18(32-25(21)37)9-4-16-5-13-20(14-6-16)46(3,43)44/h4-15,22-24,29,36H,1-3H3,(H,32,37)(H,33,38)(H,34,39)(H,41,42)/b9-4+/t22-,23+,24-,29+/m0/s1. The minimum atomic E-state index is -3.34. The number of hydrogen-bond acceptors (Lipinski definition) is 9. The van der Waals surface area contributed by atoms with Crippen LogP contribution in [-0.2, 0) is 24.2 Å². The van der Waals surface area contributed by atoms with Crippen LogP contribution in [0.5, 0.6) is 5.75 Å². The number of benzene rings is 2. The number of nitrogens with one attached hydrogen (secondary N) is 3. The SMILES string of the molecule is CC1(C)S[C@@H]2[C@H](NC(=O)[C@@H](NC(=O)c3ccc(/C=C/c4ccc(S(C)(=O)=O)cc4)[nH]c3=O)c3ccc(O)cc3)C(=O)N2[C@H]1C(=O)O. The number of carboxylic acid groups (broad SMARTS) is 1. The molecule has 0 spiro atoms. The topological polar surface area (TPSA) is 203 Å². The number of H-pyrrole nitrogens is 1. The lowest BCUT2D eigenvalue weighted by atomic mass is 9.95. The molecule has 2 fully saturated rings. The number of nitrogens with zero attached hydrogens (tertiary/aromatic N) is 1. The van der Waals surface area contributed by atoms with E-state index in [0.717, 1.165) is 6.26 Å². The summed E-state index contributed by atoms with van der Waals surface area (Å²) in [7, 11) is -3.34. The molecular formula is C31H30N4O9S2. The average Bonchev–Trinajstić information content (AvgIpc) is 3.25. The monoisotopic (exact) mass is 666 g/mol. The van der Waals surface area contributed by atoms with Crippen molar-refractivity contribution in [3.05, 3.63) is 93.4 Å². The van der Waals surface area contributed by atoms with E-state index >= 15 is 0 Å². The Morgan fingerprint density at radius 2 is 1.65 bits per heavy atom. The molecule has 0 aliphatic carbocycles. The van der Waals surface area contributed by atoms with Crippen LogP contribution in [-0.4, -0.2) is 80.7 Å². The lowest BCUT2D eigenvalue weighted by Gasteiger charge is -2.44. The van der Waals surface area contributed by atoms with Gasteiger partial charge in [0.05, 0.1) is 4.90 Å². The van der Waals surface area contributed by atoms with Crippen LogP contribution in [0.15, 0.2) is 70.4 Å². The second-order valence-corrected chi connectivity index (χ2v) is 15.2. The molecule has 0 bridgehead atoms. The third kappa shape index (κ3) is 6.41. The van der Waals surface area contributed by atoms with E-state index in [1.165, 1.54) is 65.2 Å². The number of aromatic nitrogens is 1. The number of carbonyl (C=O) groups excluding carboxylic acids is 3. The number of hydrogen-bond donors (Lipinski definition) is 5. The van der Waals surface area contributed by atoms with Gasteiger partial charge in [-0.05, 0) is 67.4 Å². The molecule has 3 heterocycles. The first-order valence-corrected chi connectivity index (χ1v) is 16.7. The minimum absolute atomic E-state index is 0.0882. The van der Waals surface area contributed by atoms with Crippen molar-refractivity contribution in [1.82, 2.24) is 20.5 Å². The zero-order valence-corrected chi connectivity index (χ0v) is 26.4. The number of carboxylic acids is 1. The van der Waals surface area contributed by atoms with Crippen LogP contribution in [0.3, 0.4) is 0 Å². The molecule has 2 saturated heterocycles. The van der Waals surface area contributed by atoms with E-state index in [1.54, 1.807) is 38.1 Å². The Balaban J connectivity index is 1.32. The molecule has 2 aliphatic rings. The number of rotatable bonds is 9. The molecule has 0 radical (unpaired) electrons. The number of phenols is 1. The van der Waals surface area contributed by atoms with Crippen LogP contribution in [0.4, 0.5) is 0 Å². The van der Waals surface area contributed by atoms with Gasteiger partial charge in [0.1, 0.15) is 34.8 Å². The number of β-lactam (4-membered cyclic amide) rings is 1. The highest BCUT2D eigenvalue weighted by atomic mass is 32.2. The number of pyridine rings is 1. The number of aliphatic carboxylic acids is 1. The predicted octanol–water partition coefficient (Wildman–Crippen LogP) is 1.76. The van der Waals surface area contributed by atoms with Crippen LogP contribution in [0.25, 0.3) is 12.2 Å². The van der Waals surface area contributed by atoms with E-state index in [9.17, 15) is 42.6 Å². The number of carbonyl (C=O) groups is 4. The number of aromatic amines is 1. The van der Waals surface area contributed by atoms with E-state index < -0.39 is 67.3 Å². The maximum atomic E-state index is 13.5. The van der Waals surface area contributed by atoms with Crippen molar-refractivity contribution in [3.63, 3.8) is 0 Å². The minimum Gasteiger partial charge on any atom is -0.508 e. The van der Waals surface area contributed by atoms with Crippen molar-refractivity contribution in [1.29, 1.82) is 0 Å². The lowest BCUT2D eigenvalue weighted by molar-refractivity contribution is -0.161. The fourth-order valence-electron chi connectivity index (χ4n) is 5.33. The molecule has 3 amide bonds. The quantitative estimate of drug-likeness (QED) is 0.209. The molecule has 2 aliphatic heterocycles. The second-order valence-electron chi connectivity index (χ2n) is 11.4. The third-order valence-electron chi connectivity index (χ3n) is 7.68. The molecule has 4 atom stereocenters. The largest absolute Gasteiger partial charge is 0.508 e. The first kappa shape index (κ1) is 32.5. The molecule has 240 valence electrons. The summed E-state index contributed by atoms with van der Waals surface area (Å²) < 4.78 is 22.5. The number of amides is 3. The number of phenolic OH excluding ortho intramolecular Hbond substituents is 1. The number of aromatic hydroxyl groups is 1. The van der Waals surface area contributed by atoms with Gasteiger partial charge < -0.3 is 30.7 Å². The highest BCUT2D eigenvalue weighted by Crippen LogP contribution is 2.50. The van der Waals surface area contributed by atoms with Crippen LogP contribution >= 0.6 is 11.8 Å². The zero-order chi connectivity index (χ0) is 33.6. The van der Waals surface area contributed by atoms with Gasteiger partial charge in [0.15, 0.2) is 9.84 Å². The summed E-state index contributed by atoms with van der Waals surface area (Å²) in [5, 5.41) is 23.9. The maximum absolute atomic E-state index is 13.5. The van der Waals surface area contributed by atoms with Crippen LogP contribution in [0.1, 0.15) is 47.1 Å². The summed E-state index contributed by atoms with van der Waals surface area (Å²) in [5.41, 5.74) is 0.240. The lowest BCUT2D eigenvalue weighted by Crippen LogP contribution is -2.71. The fraction of sp³-hybridized carbons (Fsp3) is 0.258. The Labute approximate surface area is 267 Å². The predicted molar refractivity (Wildman–Crippen MR) is 170 cm³/mol. The first-order chi connectivity index (χ1) is 21.6. The van der Waals surface area contributed by atoms with E-state index in [0.29, 0.717) is 11.3 Å². The average molecular weight is 667 g/mol. The van der Waals surface area contributed by atoms with Gasteiger partial charge in [-0.3, -0.25) is 19.2 Å². The van der Waals surface area contributed by atoms with Crippen LogP contribution in [0, 0.1) is 0 Å². The summed E-state index contributed by atoms with van der Waals surface area (Å²) in [6.07, 6.45) is 4.32. The van der Waals surface area contributed by atoms with Crippen molar-refractivity contribution in [3.8, 4) is 5.75 Å². The van der Waals surface area contributed by atoms with Gasteiger partial charge in [-0.25, -0.2) is 13.2 Å².